The first-order valence-corrected chi connectivity index (χ1v) is 7.18. The Kier molecular flexibility index (Phi) is 4.24. The molecule has 0 saturated heterocycles. The smallest absolute Gasteiger partial charge is 0.259 e. The number of hydrogen-bond donors (Lipinski definition) is 0. The van der Waals surface area contributed by atoms with Gasteiger partial charge in [0.2, 0.25) is 0 Å². The molecule has 2 aromatic carbocycles. The molecule has 0 heterocycles. The Morgan fingerprint density at radius 2 is 1.79 bits per heavy atom. The van der Waals surface area contributed by atoms with Crippen LogP contribution in [0.3, 0.4) is 0 Å². The molecule has 0 unspecified atom stereocenters. The van der Waals surface area contributed by atoms with Crippen molar-refractivity contribution in [3.63, 3.8) is 0 Å². The number of carbonyl (C=O) groups excluding carboxylic acids is 1. The van der Waals surface area contributed by atoms with Crippen LogP contribution in [0, 0.1) is 17.4 Å². The summed E-state index contributed by atoms with van der Waals surface area (Å²) < 4.78 is 1.02. The molecule has 0 radical (unpaired) electrons. The lowest BCUT2D eigenvalue weighted by molar-refractivity contribution is 0.0992. The van der Waals surface area contributed by atoms with E-state index >= 15 is 0 Å². The second-order valence-corrected chi connectivity index (χ2v) is 5.72. The van der Waals surface area contributed by atoms with Gasteiger partial charge in [-0.3, -0.25) is 4.79 Å². The van der Waals surface area contributed by atoms with Crippen LogP contribution in [-0.4, -0.2) is 13.0 Å². The molecular weight excluding hydrogens is 349 g/mol. The average molecular weight is 365 g/mol. The molecule has 1 amide bonds. The highest BCUT2D eigenvalue weighted by atomic mass is 127. The van der Waals surface area contributed by atoms with Gasteiger partial charge in [-0.1, -0.05) is 24.3 Å². The Morgan fingerprint density at radius 3 is 2.47 bits per heavy atom. The predicted octanol–water partition coefficient (Wildman–Crippen LogP) is 4.18. The summed E-state index contributed by atoms with van der Waals surface area (Å²) in [4.78, 5) is 14.2. The third-order valence-electron chi connectivity index (χ3n) is 3.12. The van der Waals surface area contributed by atoms with Crippen LogP contribution in [0.15, 0.2) is 42.5 Å². The molecule has 98 valence electrons. The molecule has 2 nitrogen and oxygen atoms in total. The zero-order valence-corrected chi connectivity index (χ0v) is 13.4. The lowest BCUT2D eigenvalue weighted by atomic mass is 10.1. The molecule has 0 fully saturated rings. The van der Waals surface area contributed by atoms with Gasteiger partial charge in [-0.25, -0.2) is 0 Å². The van der Waals surface area contributed by atoms with Gasteiger partial charge < -0.3 is 4.90 Å². The molecule has 0 atom stereocenters. The maximum Gasteiger partial charge on any atom is 0.259 e. The minimum atomic E-state index is 0.0266. The van der Waals surface area contributed by atoms with Crippen LogP contribution < -0.4 is 4.90 Å². The van der Waals surface area contributed by atoms with Crippen LogP contribution >= 0.6 is 22.6 Å². The maximum atomic E-state index is 12.6. The van der Waals surface area contributed by atoms with Gasteiger partial charge in [0.25, 0.3) is 5.91 Å². The second kappa shape index (κ2) is 5.74. The standard InChI is InChI=1S/C16H16INO/c1-11-6-4-8-13(10-11)18(3)16(19)14-9-5-7-12(2)15(14)17/h4-10H,1-3H3. The molecule has 0 N–H and O–H groups in total. The van der Waals surface area contributed by atoms with E-state index in [2.05, 4.69) is 22.6 Å². The van der Waals surface area contributed by atoms with Gasteiger partial charge in [0.05, 0.1) is 5.56 Å². The number of amides is 1. The van der Waals surface area contributed by atoms with Crippen molar-refractivity contribution in [2.24, 2.45) is 0 Å². The summed E-state index contributed by atoms with van der Waals surface area (Å²) in [6, 6.07) is 13.8. The van der Waals surface area contributed by atoms with Crippen LogP contribution in [0.2, 0.25) is 0 Å². The number of halogens is 1. The summed E-state index contributed by atoms with van der Waals surface area (Å²) >= 11 is 2.23. The van der Waals surface area contributed by atoms with Crippen molar-refractivity contribution in [2.75, 3.05) is 11.9 Å². The third-order valence-corrected chi connectivity index (χ3v) is 4.55. The van der Waals surface area contributed by atoms with E-state index in [4.69, 9.17) is 0 Å². The molecule has 0 aromatic heterocycles. The fourth-order valence-electron chi connectivity index (χ4n) is 1.95. The Bertz CT molecular complexity index is 622. The Balaban J connectivity index is 2.36. The molecule has 2 rings (SSSR count). The third kappa shape index (κ3) is 2.97. The number of nitrogens with zero attached hydrogens (tertiary/aromatic N) is 1. The van der Waals surface area contributed by atoms with E-state index in [1.807, 2.05) is 63.4 Å². The van der Waals surface area contributed by atoms with Gasteiger partial charge in [0.1, 0.15) is 0 Å². The summed E-state index contributed by atoms with van der Waals surface area (Å²) in [7, 11) is 1.82. The van der Waals surface area contributed by atoms with Gasteiger partial charge in [-0.2, -0.15) is 0 Å². The van der Waals surface area contributed by atoms with Crippen molar-refractivity contribution >= 4 is 34.2 Å². The topological polar surface area (TPSA) is 20.3 Å². The first-order valence-electron chi connectivity index (χ1n) is 6.10. The highest BCUT2D eigenvalue weighted by Gasteiger charge is 2.16. The molecule has 19 heavy (non-hydrogen) atoms. The first-order chi connectivity index (χ1) is 9.00. The van der Waals surface area contributed by atoms with Gasteiger partial charge in [0, 0.05) is 16.3 Å². The highest BCUT2D eigenvalue weighted by molar-refractivity contribution is 14.1. The fourth-order valence-corrected chi connectivity index (χ4v) is 2.54. The Hall–Kier alpha value is -1.36. The van der Waals surface area contributed by atoms with E-state index < -0.39 is 0 Å². The SMILES string of the molecule is Cc1cccc(N(C)C(=O)c2cccc(C)c2I)c1. The van der Waals surface area contributed by atoms with E-state index in [0.29, 0.717) is 0 Å². The molecule has 0 spiro atoms. The lowest BCUT2D eigenvalue weighted by Crippen LogP contribution is -2.27. The van der Waals surface area contributed by atoms with Gasteiger partial charge in [0.15, 0.2) is 0 Å². The highest BCUT2D eigenvalue weighted by Crippen LogP contribution is 2.21. The molecule has 2 aromatic rings. The van der Waals surface area contributed by atoms with Crippen molar-refractivity contribution in [1.82, 2.24) is 0 Å². The minimum absolute atomic E-state index is 0.0266. The van der Waals surface area contributed by atoms with Crippen LogP contribution in [0.4, 0.5) is 5.69 Å². The predicted molar refractivity (Wildman–Crippen MR) is 87.8 cm³/mol. The molecule has 0 aliphatic heterocycles. The molecule has 3 heteroatoms. The summed E-state index contributed by atoms with van der Waals surface area (Å²) in [5.74, 6) is 0.0266. The quantitative estimate of drug-likeness (QED) is 0.731. The number of aryl methyl sites for hydroxylation is 2. The Labute approximate surface area is 127 Å². The molecule has 0 aliphatic rings. The minimum Gasteiger partial charge on any atom is -0.311 e. The van der Waals surface area contributed by atoms with Crippen LogP contribution in [0.1, 0.15) is 21.5 Å². The van der Waals surface area contributed by atoms with Gasteiger partial charge >= 0.3 is 0 Å². The van der Waals surface area contributed by atoms with Crippen LogP contribution in [0.25, 0.3) is 0 Å². The van der Waals surface area contributed by atoms with Gasteiger partial charge in [-0.05, 0) is 65.8 Å². The van der Waals surface area contributed by atoms with Gasteiger partial charge in [-0.15, -0.1) is 0 Å². The number of anilines is 1. The van der Waals surface area contributed by atoms with E-state index in [0.717, 1.165) is 25.9 Å². The largest absolute Gasteiger partial charge is 0.311 e. The number of rotatable bonds is 2. The molecular formula is C16H16INO. The maximum absolute atomic E-state index is 12.6. The zero-order valence-electron chi connectivity index (χ0n) is 11.3. The number of benzene rings is 2. The summed E-state index contributed by atoms with van der Waals surface area (Å²) in [5.41, 5.74) is 3.95. The van der Waals surface area contributed by atoms with E-state index in [1.54, 1.807) is 4.90 Å². The lowest BCUT2D eigenvalue weighted by Gasteiger charge is -2.19. The van der Waals surface area contributed by atoms with Crippen molar-refractivity contribution in [1.29, 1.82) is 0 Å². The molecule has 0 bridgehead atoms. The fraction of sp³-hybridized carbons (Fsp3) is 0.188. The van der Waals surface area contributed by atoms with Crippen LogP contribution in [-0.2, 0) is 0 Å². The zero-order chi connectivity index (χ0) is 14.0. The monoisotopic (exact) mass is 365 g/mol. The summed E-state index contributed by atoms with van der Waals surface area (Å²) in [6.07, 6.45) is 0. The Morgan fingerprint density at radius 1 is 1.11 bits per heavy atom. The van der Waals surface area contributed by atoms with Crippen molar-refractivity contribution in [3.8, 4) is 0 Å². The first kappa shape index (κ1) is 14.1. The normalized spacial score (nSPS) is 10.3. The van der Waals surface area contributed by atoms with E-state index in [9.17, 15) is 4.79 Å². The van der Waals surface area contributed by atoms with Crippen molar-refractivity contribution in [2.45, 2.75) is 13.8 Å². The average Bonchev–Trinajstić information content (AvgIpc) is 2.40. The summed E-state index contributed by atoms with van der Waals surface area (Å²) in [6.45, 7) is 4.05. The molecule has 0 aliphatic carbocycles. The number of hydrogen-bond acceptors (Lipinski definition) is 1. The second-order valence-electron chi connectivity index (χ2n) is 4.64. The van der Waals surface area contributed by atoms with E-state index in [-0.39, 0.29) is 5.91 Å². The molecule has 0 saturated carbocycles. The summed E-state index contributed by atoms with van der Waals surface area (Å²) in [5, 5.41) is 0. The van der Waals surface area contributed by atoms with Crippen molar-refractivity contribution < 1.29 is 4.79 Å². The number of carbonyl (C=O) groups is 1. The van der Waals surface area contributed by atoms with Crippen molar-refractivity contribution in [3.05, 3.63) is 62.7 Å². The van der Waals surface area contributed by atoms with E-state index in [1.165, 1.54) is 0 Å². The van der Waals surface area contributed by atoms with Crippen LogP contribution in [0.5, 0.6) is 0 Å².